The van der Waals surface area contributed by atoms with Gasteiger partial charge in [-0.3, -0.25) is 14.5 Å². The first-order valence-corrected chi connectivity index (χ1v) is 5.93. The van der Waals surface area contributed by atoms with Gasteiger partial charge in [0.25, 0.3) is 5.91 Å². The summed E-state index contributed by atoms with van der Waals surface area (Å²) in [5, 5.41) is 1.88. The molecule has 0 spiro atoms. The van der Waals surface area contributed by atoms with E-state index in [1.807, 2.05) is 18.8 Å². The molecule has 0 bridgehead atoms. The highest BCUT2D eigenvalue weighted by atomic mass is 32.2. The van der Waals surface area contributed by atoms with Crippen LogP contribution in [0.2, 0.25) is 0 Å². The van der Waals surface area contributed by atoms with Gasteiger partial charge in [0, 0.05) is 18.8 Å². The topological polar surface area (TPSA) is 32.8 Å². The second kappa shape index (κ2) is 5.00. The molecule has 1 amide bonds. The predicted molar refractivity (Wildman–Crippen MR) is 58.1 cm³/mol. The Labute approximate surface area is 89.5 Å². The largest absolute Gasteiger partial charge is 0.294 e. The second-order valence-electron chi connectivity index (χ2n) is 3.57. The molecule has 5 heteroatoms. The number of likely N-dealkylation sites (N-methyl/N-ethyl adjacent to an activating group) is 2. The molecular formula is C9H18N2O2S. The Kier molecular flexibility index (Phi) is 4.22. The van der Waals surface area contributed by atoms with E-state index in [0.29, 0.717) is 5.25 Å². The molecule has 2 atom stereocenters. The van der Waals surface area contributed by atoms with Gasteiger partial charge in [-0.05, 0) is 19.7 Å². The van der Waals surface area contributed by atoms with Crippen LogP contribution in [0.4, 0.5) is 0 Å². The number of carbonyl (C=O) groups is 1. The zero-order valence-electron chi connectivity index (χ0n) is 9.19. The molecule has 1 aliphatic heterocycles. The first kappa shape index (κ1) is 11.8. The van der Waals surface area contributed by atoms with Crippen LogP contribution in [-0.2, 0) is 9.63 Å². The predicted octanol–water partition coefficient (Wildman–Crippen LogP) is 0.442. The van der Waals surface area contributed by atoms with E-state index in [-0.39, 0.29) is 11.9 Å². The quantitative estimate of drug-likeness (QED) is 0.644. The van der Waals surface area contributed by atoms with Crippen molar-refractivity contribution in [2.45, 2.75) is 17.7 Å². The van der Waals surface area contributed by atoms with Crippen molar-refractivity contribution >= 4 is 17.7 Å². The van der Waals surface area contributed by atoms with Crippen molar-refractivity contribution < 1.29 is 9.63 Å². The van der Waals surface area contributed by atoms with E-state index in [1.165, 1.54) is 12.2 Å². The van der Waals surface area contributed by atoms with Crippen LogP contribution in [0.25, 0.3) is 0 Å². The Morgan fingerprint density at radius 2 is 2.29 bits per heavy atom. The average Bonchev–Trinajstić information content (AvgIpc) is 2.57. The van der Waals surface area contributed by atoms with Crippen molar-refractivity contribution in [1.29, 1.82) is 0 Å². The minimum Gasteiger partial charge on any atom is -0.294 e. The van der Waals surface area contributed by atoms with Crippen molar-refractivity contribution in [3.05, 3.63) is 0 Å². The van der Waals surface area contributed by atoms with Gasteiger partial charge in [0.2, 0.25) is 0 Å². The molecule has 14 heavy (non-hydrogen) atoms. The normalized spacial score (nSPS) is 28.0. The molecule has 82 valence electrons. The van der Waals surface area contributed by atoms with E-state index >= 15 is 0 Å². The van der Waals surface area contributed by atoms with Crippen LogP contribution in [0.5, 0.6) is 0 Å². The summed E-state index contributed by atoms with van der Waals surface area (Å²) in [5.41, 5.74) is 0. The molecule has 0 N–H and O–H groups in total. The molecule has 1 aliphatic rings. The summed E-state index contributed by atoms with van der Waals surface area (Å²) in [6.07, 6.45) is 3.01. The lowest BCUT2D eigenvalue weighted by atomic mass is 10.2. The number of hydrogen-bond donors (Lipinski definition) is 0. The van der Waals surface area contributed by atoms with Crippen LogP contribution in [0.3, 0.4) is 0 Å². The Morgan fingerprint density at radius 3 is 2.71 bits per heavy atom. The van der Waals surface area contributed by atoms with E-state index in [1.54, 1.807) is 7.05 Å². The number of thioether (sulfide) groups is 1. The van der Waals surface area contributed by atoms with Crippen molar-refractivity contribution in [3.63, 3.8) is 0 Å². The van der Waals surface area contributed by atoms with E-state index in [4.69, 9.17) is 4.84 Å². The number of likely N-dealkylation sites (tertiary alicyclic amines) is 1. The van der Waals surface area contributed by atoms with Crippen molar-refractivity contribution in [1.82, 2.24) is 9.96 Å². The van der Waals surface area contributed by atoms with Crippen LogP contribution in [-0.4, -0.2) is 61.2 Å². The fraction of sp³-hybridized carbons (Fsp3) is 0.889. The maximum Gasteiger partial charge on any atom is 0.263 e. The third-order valence-electron chi connectivity index (χ3n) is 2.71. The molecule has 0 aromatic rings. The Hall–Kier alpha value is -0.260. The van der Waals surface area contributed by atoms with Gasteiger partial charge in [-0.15, -0.1) is 0 Å². The molecule has 1 fully saturated rings. The van der Waals surface area contributed by atoms with Crippen molar-refractivity contribution in [2.24, 2.45) is 0 Å². The fourth-order valence-electron chi connectivity index (χ4n) is 1.71. The van der Waals surface area contributed by atoms with Gasteiger partial charge in [0.05, 0.1) is 13.2 Å². The summed E-state index contributed by atoms with van der Waals surface area (Å²) >= 11 is 1.82. The highest BCUT2D eigenvalue weighted by molar-refractivity contribution is 7.99. The molecule has 1 heterocycles. The molecule has 0 aromatic heterocycles. The summed E-state index contributed by atoms with van der Waals surface area (Å²) in [4.78, 5) is 18.8. The van der Waals surface area contributed by atoms with Crippen molar-refractivity contribution in [2.75, 3.05) is 34.0 Å². The number of carbonyl (C=O) groups excluding carboxylic acids is 1. The standard InChI is InChI=1S/C9H18N2O2S/c1-10-6-7(14-4)5-8(10)9(12)11(2)13-3/h7-8H,5-6H2,1-4H3. The monoisotopic (exact) mass is 218 g/mol. The number of hydrogen-bond acceptors (Lipinski definition) is 4. The van der Waals surface area contributed by atoms with E-state index in [0.717, 1.165) is 13.0 Å². The second-order valence-corrected chi connectivity index (χ2v) is 4.71. The molecule has 1 rings (SSSR count). The van der Waals surface area contributed by atoms with Gasteiger partial charge in [-0.2, -0.15) is 11.8 Å². The zero-order valence-corrected chi connectivity index (χ0v) is 10.0. The third kappa shape index (κ3) is 2.40. The fourth-order valence-corrected chi connectivity index (χ4v) is 2.47. The highest BCUT2D eigenvalue weighted by Crippen LogP contribution is 2.25. The minimum absolute atomic E-state index is 0.0163. The van der Waals surface area contributed by atoms with Crippen LogP contribution in [0.1, 0.15) is 6.42 Å². The SMILES string of the molecule is CON(C)C(=O)C1CC(SC)CN1C. The van der Waals surface area contributed by atoms with Crippen LogP contribution >= 0.6 is 11.8 Å². The van der Waals surface area contributed by atoms with E-state index in [9.17, 15) is 4.79 Å². The lowest BCUT2D eigenvalue weighted by Gasteiger charge is -2.22. The first-order chi connectivity index (χ1) is 6.60. The summed E-state index contributed by atoms with van der Waals surface area (Å²) in [7, 11) is 5.16. The van der Waals surface area contributed by atoms with Gasteiger partial charge in [-0.1, -0.05) is 0 Å². The molecule has 4 nitrogen and oxygen atoms in total. The lowest BCUT2D eigenvalue weighted by molar-refractivity contribution is -0.173. The van der Waals surface area contributed by atoms with Gasteiger partial charge in [0.15, 0.2) is 0 Å². The maximum absolute atomic E-state index is 11.8. The number of rotatable bonds is 3. The average molecular weight is 218 g/mol. The number of amides is 1. The summed E-state index contributed by atoms with van der Waals surface area (Å²) in [5.74, 6) is 0.0477. The zero-order chi connectivity index (χ0) is 10.7. The maximum atomic E-state index is 11.8. The first-order valence-electron chi connectivity index (χ1n) is 4.64. The molecule has 0 aromatic carbocycles. The number of nitrogens with zero attached hydrogens (tertiary/aromatic N) is 2. The number of hydroxylamine groups is 2. The van der Waals surface area contributed by atoms with Crippen LogP contribution in [0, 0.1) is 0 Å². The molecule has 0 radical (unpaired) electrons. The van der Waals surface area contributed by atoms with Crippen LogP contribution in [0.15, 0.2) is 0 Å². The molecule has 2 unspecified atom stereocenters. The van der Waals surface area contributed by atoms with Crippen molar-refractivity contribution in [3.8, 4) is 0 Å². The van der Waals surface area contributed by atoms with Gasteiger partial charge >= 0.3 is 0 Å². The molecular weight excluding hydrogens is 200 g/mol. The van der Waals surface area contributed by atoms with Gasteiger partial charge in [-0.25, -0.2) is 5.06 Å². The lowest BCUT2D eigenvalue weighted by Crippen LogP contribution is -2.41. The van der Waals surface area contributed by atoms with E-state index in [2.05, 4.69) is 11.2 Å². The Bertz CT molecular complexity index is 213. The van der Waals surface area contributed by atoms with Crippen LogP contribution < -0.4 is 0 Å². The minimum atomic E-state index is -0.0163. The Morgan fingerprint density at radius 1 is 1.64 bits per heavy atom. The van der Waals surface area contributed by atoms with E-state index < -0.39 is 0 Å². The molecule has 1 saturated heterocycles. The highest BCUT2D eigenvalue weighted by Gasteiger charge is 2.35. The Balaban J connectivity index is 2.56. The van der Waals surface area contributed by atoms with Gasteiger partial charge in [0.1, 0.15) is 0 Å². The summed E-state index contributed by atoms with van der Waals surface area (Å²) < 4.78 is 0. The molecule has 0 saturated carbocycles. The summed E-state index contributed by atoms with van der Waals surface area (Å²) in [6, 6.07) is -0.0163. The summed E-state index contributed by atoms with van der Waals surface area (Å²) in [6.45, 7) is 0.981. The van der Waals surface area contributed by atoms with Gasteiger partial charge < -0.3 is 0 Å². The smallest absolute Gasteiger partial charge is 0.263 e. The third-order valence-corrected chi connectivity index (χ3v) is 3.72. The molecule has 0 aliphatic carbocycles.